The molecule has 2 aromatic carbocycles. The van der Waals surface area contributed by atoms with Gasteiger partial charge < -0.3 is 5.11 Å². The number of nitrogens with zero attached hydrogens (tertiary/aromatic N) is 3. The minimum Gasteiger partial charge on any atom is -0.478 e. The Morgan fingerprint density at radius 2 is 1.76 bits per heavy atom. The highest BCUT2D eigenvalue weighted by Crippen LogP contribution is 2.25. The Kier molecular flexibility index (Phi) is 7.21. The van der Waals surface area contributed by atoms with Crippen LogP contribution in [0.15, 0.2) is 65.5 Å². The highest BCUT2D eigenvalue weighted by atomic mass is 16.4. The minimum atomic E-state index is -0.977. The molecule has 34 heavy (non-hydrogen) atoms. The van der Waals surface area contributed by atoms with E-state index in [1.165, 1.54) is 0 Å². The molecule has 1 aliphatic carbocycles. The molecule has 0 saturated heterocycles. The molecule has 0 aliphatic heterocycles. The number of aromatic nitrogens is 3. The molecule has 4 rings (SSSR count). The molecule has 1 N–H and O–H groups in total. The van der Waals surface area contributed by atoms with E-state index in [2.05, 4.69) is 5.10 Å². The van der Waals surface area contributed by atoms with Crippen molar-refractivity contribution in [1.29, 1.82) is 0 Å². The third-order valence-electron chi connectivity index (χ3n) is 6.40. The van der Waals surface area contributed by atoms with Crippen LogP contribution in [0, 0.1) is 5.92 Å². The van der Waals surface area contributed by atoms with Crippen LogP contribution in [-0.4, -0.2) is 31.3 Å². The van der Waals surface area contributed by atoms with Crippen molar-refractivity contribution >= 4 is 11.9 Å². The molecule has 0 atom stereocenters. The van der Waals surface area contributed by atoms with Gasteiger partial charge in [0.15, 0.2) is 0 Å². The highest BCUT2D eigenvalue weighted by molar-refractivity contribution is 5.96. The van der Waals surface area contributed by atoms with E-state index in [4.69, 9.17) is 0 Å². The number of carbonyl (C=O) groups excluding carboxylic acids is 1. The zero-order chi connectivity index (χ0) is 24.1. The third-order valence-corrected chi connectivity index (χ3v) is 6.40. The van der Waals surface area contributed by atoms with Gasteiger partial charge in [0.2, 0.25) is 0 Å². The van der Waals surface area contributed by atoms with Crippen molar-refractivity contribution in [2.75, 3.05) is 0 Å². The van der Waals surface area contributed by atoms with Gasteiger partial charge in [0.05, 0.1) is 12.1 Å². The minimum absolute atomic E-state index is 0.141. The summed E-state index contributed by atoms with van der Waals surface area (Å²) in [5.74, 6) is -0.772. The summed E-state index contributed by atoms with van der Waals surface area (Å²) in [4.78, 5) is 37.8. The second kappa shape index (κ2) is 10.5. The summed E-state index contributed by atoms with van der Waals surface area (Å²) in [6, 6.07) is 14.3. The first kappa shape index (κ1) is 23.4. The summed E-state index contributed by atoms with van der Waals surface area (Å²) < 4.78 is 2.62. The predicted octanol–water partition coefficient (Wildman–Crippen LogP) is 4.80. The van der Waals surface area contributed by atoms with E-state index in [0.29, 0.717) is 17.8 Å². The lowest BCUT2D eigenvalue weighted by Gasteiger charge is -2.19. The van der Waals surface area contributed by atoms with Crippen LogP contribution in [0.3, 0.4) is 0 Å². The Labute approximate surface area is 198 Å². The number of hydrogen-bond donors (Lipinski definition) is 1. The smallest absolute Gasteiger partial charge is 0.353 e. The van der Waals surface area contributed by atoms with E-state index in [9.17, 15) is 19.5 Å². The molecule has 1 saturated carbocycles. The van der Waals surface area contributed by atoms with Crippen LogP contribution >= 0.6 is 0 Å². The van der Waals surface area contributed by atoms with Crippen LogP contribution in [0.5, 0.6) is 0 Å². The lowest BCUT2D eigenvalue weighted by atomic mass is 9.89. The molecule has 1 heterocycles. The second-order valence-electron chi connectivity index (χ2n) is 8.69. The Morgan fingerprint density at radius 3 is 2.44 bits per heavy atom. The molecular weight excluding hydrogens is 430 g/mol. The van der Waals surface area contributed by atoms with Crippen LogP contribution in [-0.2, 0) is 13.0 Å². The molecule has 0 amide bonds. The van der Waals surface area contributed by atoms with Crippen molar-refractivity contribution in [3.05, 3.63) is 88.1 Å². The normalized spacial score (nSPS) is 14.5. The van der Waals surface area contributed by atoms with Crippen molar-refractivity contribution in [1.82, 2.24) is 14.3 Å². The molecule has 0 bridgehead atoms. The quantitative estimate of drug-likeness (QED) is 0.512. The lowest BCUT2D eigenvalue weighted by molar-refractivity contribution is 0.0696. The van der Waals surface area contributed by atoms with Gasteiger partial charge in [0.25, 0.3) is 5.91 Å². The number of carboxylic acids is 1. The number of carbonyl (C=O) groups is 2. The fraction of sp³-hybridized carbons (Fsp3) is 0.333. The van der Waals surface area contributed by atoms with Gasteiger partial charge in [0.1, 0.15) is 5.82 Å². The summed E-state index contributed by atoms with van der Waals surface area (Å²) in [5, 5.41) is 13.9. The van der Waals surface area contributed by atoms with Crippen LogP contribution in [0.1, 0.15) is 65.6 Å². The summed E-state index contributed by atoms with van der Waals surface area (Å²) >= 11 is 0. The van der Waals surface area contributed by atoms with E-state index in [1.54, 1.807) is 28.8 Å². The van der Waals surface area contributed by atoms with Crippen LogP contribution in [0.4, 0.5) is 0 Å². The fourth-order valence-electron chi connectivity index (χ4n) is 4.53. The Morgan fingerprint density at radius 1 is 1.06 bits per heavy atom. The molecule has 0 unspecified atom stereocenters. The number of hydrogen-bond acceptors (Lipinski definition) is 4. The number of benzene rings is 2. The molecule has 7 heteroatoms. The molecule has 0 spiro atoms. The van der Waals surface area contributed by atoms with Crippen molar-refractivity contribution in [2.24, 2.45) is 5.92 Å². The van der Waals surface area contributed by atoms with Gasteiger partial charge in [-0.1, -0.05) is 73.9 Å². The largest absolute Gasteiger partial charge is 0.478 e. The average Bonchev–Trinajstić information content (AvgIpc) is 3.18. The summed E-state index contributed by atoms with van der Waals surface area (Å²) in [7, 11) is 0. The molecular formula is C27H29N3O4. The zero-order valence-electron chi connectivity index (χ0n) is 19.3. The zero-order valence-corrected chi connectivity index (χ0v) is 19.3. The van der Waals surface area contributed by atoms with Gasteiger partial charge in [0, 0.05) is 12.3 Å². The Hall–Kier alpha value is -3.74. The summed E-state index contributed by atoms with van der Waals surface area (Å²) in [6.45, 7) is 2.19. The number of aromatic carboxylic acids is 1. The second-order valence-corrected chi connectivity index (χ2v) is 8.69. The van der Waals surface area contributed by atoms with Gasteiger partial charge in [-0.3, -0.25) is 9.36 Å². The van der Waals surface area contributed by atoms with E-state index in [1.807, 2.05) is 43.3 Å². The maximum Gasteiger partial charge on any atom is 0.353 e. The van der Waals surface area contributed by atoms with Gasteiger partial charge in [-0.25, -0.2) is 9.59 Å². The van der Waals surface area contributed by atoms with Crippen LogP contribution in [0.25, 0.3) is 11.1 Å². The molecule has 0 radical (unpaired) electrons. The topological polar surface area (TPSA) is 94.2 Å². The standard InChI is InChI=1S/C27H29N3O4/c1-2-3-13-24-28-30(25(31)21-9-5-4-6-10-21)27(34)29(24)18-19-14-16-20(17-15-19)22-11-7-8-12-23(22)26(32)33/h2-3,7-8,11-12,14-17,21H,4-6,9-10,13,18H2,1H3,(H,32,33). The highest BCUT2D eigenvalue weighted by Gasteiger charge is 2.26. The van der Waals surface area contributed by atoms with Crippen molar-refractivity contribution in [3.8, 4) is 11.1 Å². The number of rotatable bonds is 7. The average molecular weight is 460 g/mol. The molecule has 1 fully saturated rings. The molecule has 176 valence electrons. The van der Waals surface area contributed by atoms with E-state index < -0.39 is 11.7 Å². The Bertz CT molecular complexity index is 1260. The van der Waals surface area contributed by atoms with Gasteiger partial charge in [-0.2, -0.15) is 0 Å². The van der Waals surface area contributed by atoms with Crippen molar-refractivity contribution in [2.45, 2.75) is 52.0 Å². The van der Waals surface area contributed by atoms with Crippen molar-refractivity contribution in [3.63, 3.8) is 0 Å². The SMILES string of the molecule is CC=CCc1nn(C(=O)C2CCCCC2)c(=O)n1Cc1ccc(-c2ccccc2C(=O)O)cc1. The first-order valence-corrected chi connectivity index (χ1v) is 11.8. The maximum atomic E-state index is 13.2. The van der Waals surface area contributed by atoms with Gasteiger partial charge in [-0.05, 0) is 42.5 Å². The third kappa shape index (κ3) is 4.93. The molecule has 3 aromatic rings. The maximum absolute atomic E-state index is 13.2. The lowest BCUT2D eigenvalue weighted by Crippen LogP contribution is -2.35. The number of allylic oxidation sites excluding steroid dienone is 2. The van der Waals surface area contributed by atoms with Crippen LogP contribution < -0.4 is 5.69 Å². The van der Waals surface area contributed by atoms with E-state index >= 15 is 0 Å². The van der Waals surface area contributed by atoms with E-state index in [-0.39, 0.29) is 23.9 Å². The van der Waals surface area contributed by atoms with Gasteiger partial charge in [-0.15, -0.1) is 9.78 Å². The number of carboxylic acid groups (broad SMARTS) is 1. The summed E-state index contributed by atoms with van der Waals surface area (Å²) in [5.41, 5.74) is 2.12. The molecule has 1 aromatic heterocycles. The van der Waals surface area contributed by atoms with Crippen molar-refractivity contribution < 1.29 is 14.7 Å². The predicted molar refractivity (Wildman–Crippen MR) is 130 cm³/mol. The van der Waals surface area contributed by atoms with Gasteiger partial charge >= 0.3 is 11.7 Å². The molecule has 1 aliphatic rings. The first-order valence-electron chi connectivity index (χ1n) is 11.8. The summed E-state index contributed by atoms with van der Waals surface area (Å²) in [6.07, 6.45) is 9.03. The monoisotopic (exact) mass is 459 g/mol. The van der Waals surface area contributed by atoms with E-state index in [0.717, 1.165) is 47.9 Å². The van der Waals surface area contributed by atoms with Crippen LogP contribution in [0.2, 0.25) is 0 Å². The Balaban J connectivity index is 1.63. The fourth-order valence-corrected chi connectivity index (χ4v) is 4.53. The molecule has 7 nitrogen and oxygen atoms in total. The first-order chi connectivity index (χ1) is 16.5.